The second-order valence-corrected chi connectivity index (χ2v) is 6.97. The minimum atomic E-state index is -0.213. The third-order valence-corrected chi connectivity index (χ3v) is 5.15. The largest absolute Gasteiger partial charge is 0.342 e. The maximum Gasteiger partial charge on any atom is 0.233 e. The van der Waals surface area contributed by atoms with E-state index in [1.807, 2.05) is 19.2 Å². The first kappa shape index (κ1) is 14.1. The highest BCUT2D eigenvalue weighted by Crippen LogP contribution is 2.50. The Balaban J connectivity index is 1.72. The van der Waals surface area contributed by atoms with Crippen LogP contribution in [0.1, 0.15) is 24.8 Å². The van der Waals surface area contributed by atoms with Gasteiger partial charge in [-0.05, 0) is 56.5 Å². The zero-order chi connectivity index (χ0) is 14.2. The van der Waals surface area contributed by atoms with E-state index in [9.17, 15) is 4.79 Å². The number of likely N-dealkylation sites (tertiary alicyclic amines) is 1. The average Bonchev–Trinajstić information content (AvgIpc) is 3.13. The van der Waals surface area contributed by atoms with Gasteiger partial charge in [-0.2, -0.15) is 0 Å². The van der Waals surface area contributed by atoms with Crippen molar-refractivity contribution < 1.29 is 4.79 Å². The highest BCUT2D eigenvalue weighted by Gasteiger charge is 2.53. The van der Waals surface area contributed by atoms with Gasteiger partial charge in [-0.25, -0.2) is 0 Å². The summed E-state index contributed by atoms with van der Waals surface area (Å²) in [5, 5.41) is 3.22. The lowest BCUT2D eigenvalue weighted by Gasteiger charge is -2.23. The number of nitrogens with zero attached hydrogens (tertiary/aromatic N) is 1. The average molecular weight is 337 g/mol. The van der Waals surface area contributed by atoms with Crippen LogP contribution in [0.2, 0.25) is 0 Å². The normalized spacial score (nSPS) is 23.9. The van der Waals surface area contributed by atoms with Gasteiger partial charge in [0.15, 0.2) is 0 Å². The second kappa shape index (κ2) is 5.49. The van der Waals surface area contributed by atoms with Crippen LogP contribution in [-0.4, -0.2) is 37.5 Å². The summed E-state index contributed by atoms with van der Waals surface area (Å²) in [4.78, 5) is 14.9. The summed E-state index contributed by atoms with van der Waals surface area (Å²) >= 11 is 3.46. The Hall–Kier alpha value is -0.870. The zero-order valence-electron chi connectivity index (χ0n) is 11.9. The molecule has 1 heterocycles. The molecule has 2 fully saturated rings. The van der Waals surface area contributed by atoms with Crippen molar-refractivity contribution in [2.24, 2.45) is 5.92 Å². The quantitative estimate of drug-likeness (QED) is 0.916. The highest BCUT2D eigenvalue weighted by atomic mass is 79.9. The third-order valence-electron chi connectivity index (χ3n) is 4.62. The first-order chi connectivity index (χ1) is 9.65. The molecule has 3 nitrogen and oxygen atoms in total. The standard InChI is InChI=1S/C16H21BrN2O/c1-18-10-12-6-9-19(11-12)15(20)16(7-8-16)13-2-4-14(17)5-3-13/h2-5,12,18H,6-11H2,1H3. The van der Waals surface area contributed by atoms with Crippen LogP contribution in [-0.2, 0) is 10.2 Å². The topological polar surface area (TPSA) is 32.3 Å². The molecule has 1 unspecified atom stereocenters. The fourth-order valence-corrected chi connectivity index (χ4v) is 3.56. The summed E-state index contributed by atoms with van der Waals surface area (Å²) in [7, 11) is 1.98. The van der Waals surface area contributed by atoms with Crippen molar-refractivity contribution in [2.75, 3.05) is 26.7 Å². The summed E-state index contributed by atoms with van der Waals surface area (Å²) in [5.74, 6) is 0.961. The van der Waals surface area contributed by atoms with Crippen LogP contribution >= 0.6 is 15.9 Å². The molecule has 108 valence electrons. The Kier molecular flexibility index (Phi) is 3.87. The van der Waals surface area contributed by atoms with Crippen LogP contribution in [0.25, 0.3) is 0 Å². The first-order valence-electron chi connectivity index (χ1n) is 7.36. The summed E-state index contributed by atoms with van der Waals surface area (Å²) in [6, 6.07) is 8.26. The molecule has 1 atom stereocenters. The van der Waals surface area contributed by atoms with Gasteiger partial charge in [0.2, 0.25) is 5.91 Å². The molecular weight excluding hydrogens is 316 g/mol. The lowest BCUT2D eigenvalue weighted by atomic mass is 9.94. The monoisotopic (exact) mass is 336 g/mol. The van der Waals surface area contributed by atoms with Crippen molar-refractivity contribution in [3.8, 4) is 0 Å². The second-order valence-electron chi connectivity index (χ2n) is 6.05. The number of nitrogens with one attached hydrogen (secondary N) is 1. The van der Waals surface area contributed by atoms with Gasteiger partial charge in [0.05, 0.1) is 5.41 Å². The Morgan fingerprint density at radius 1 is 1.40 bits per heavy atom. The van der Waals surface area contributed by atoms with Gasteiger partial charge >= 0.3 is 0 Å². The fraction of sp³-hybridized carbons (Fsp3) is 0.562. The molecule has 1 aromatic rings. The minimum Gasteiger partial charge on any atom is -0.342 e. The van der Waals surface area contributed by atoms with E-state index in [0.29, 0.717) is 11.8 Å². The van der Waals surface area contributed by atoms with Crippen LogP contribution < -0.4 is 5.32 Å². The number of amides is 1. The lowest BCUT2D eigenvalue weighted by Crippen LogP contribution is -2.38. The number of carbonyl (C=O) groups excluding carboxylic acids is 1. The van der Waals surface area contributed by atoms with E-state index in [0.717, 1.165) is 43.4 Å². The zero-order valence-corrected chi connectivity index (χ0v) is 13.4. The van der Waals surface area contributed by atoms with Gasteiger partial charge in [0, 0.05) is 17.6 Å². The smallest absolute Gasteiger partial charge is 0.233 e. The van der Waals surface area contributed by atoms with Crippen molar-refractivity contribution in [3.63, 3.8) is 0 Å². The molecule has 1 aliphatic carbocycles. The summed E-state index contributed by atoms with van der Waals surface area (Å²) < 4.78 is 1.07. The molecule has 1 saturated heterocycles. The SMILES string of the molecule is CNCC1CCN(C(=O)C2(c3ccc(Br)cc3)CC2)C1. The molecule has 20 heavy (non-hydrogen) atoms. The number of hydrogen-bond donors (Lipinski definition) is 1. The molecule has 0 aromatic heterocycles. The number of benzene rings is 1. The molecule has 1 amide bonds. The van der Waals surface area contributed by atoms with Crippen LogP contribution in [0.4, 0.5) is 0 Å². The third kappa shape index (κ3) is 2.51. The van der Waals surface area contributed by atoms with E-state index in [1.165, 1.54) is 5.56 Å². The molecule has 2 aliphatic rings. The summed E-state index contributed by atoms with van der Waals surface area (Å²) in [5.41, 5.74) is 0.970. The van der Waals surface area contributed by atoms with Gasteiger partial charge in [-0.1, -0.05) is 28.1 Å². The van der Waals surface area contributed by atoms with E-state index in [4.69, 9.17) is 0 Å². The Morgan fingerprint density at radius 3 is 2.70 bits per heavy atom. The van der Waals surface area contributed by atoms with Crippen molar-refractivity contribution in [1.29, 1.82) is 0 Å². The van der Waals surface area contributed by atoms with Gasteiger partial charge < -0.3 is 10.2 Å². The number of rotatable bonds is 4. The maximum absolute atomic E-state index is 12.9. The van der Waals surface area contributed by atoms with E-state index >= 15 is 0 Å². The van der Waals surface area contributed by atoms with Crippen LogP contribution in [0.3, 0.4) is 0 Å². The Bertz CT molecular complexity index is 496. The van der Waals surface area contributed by atoms with E-state index in [2.05, 4.69) is 38.3 Å². The molecule has 0 bridgehead atoms. The van der Waals surface area contributed by atoms with Crippen LogP contribution in [0.5, 0.6) is 0 Å². The number of halogens is 1. The van der Waals surface area contributed by atoms with Gasteiger partial charge in [0.1, 0.15) is 0 Å². The maximum atomic E-state index is 12.9. The Morgan fingerprint density at radius 2 is 2.10 bits per heavy atom. The van der Waals surface area contributed by atoms with E-state index in [1.54, 1.807) is 0 Å². The van der Waals surface area contributed by atoms with Crippen molar-refractivity contribution in [3.05, 3.63) is 34.3 Å². The van der Waals surface area contributed by atoms with E-state index < -0.39 is 0 Å². The van der Waals surface area contributed by atoms with Crippen molar-refractivity contribution in [1.82, 2.24) is 10.2 Å². The highest BCUT2D eigenvalue weighted by molar-refractivity contribution is 9.10. The molecular formula is C16H21BrN2O. The molecule has 1 aromatic carbocycles. The molecule has 3 rings (SSSR count). The number of hydrogen-bond acceptors (Lipinski definition) is 2. The van der Waals surface area contributed by atoms with Crippen LogP contribution in [0.15, 0.2) is 28.7 Å². The Labute approximate surface area is 128 Å². The van der Waals surface area contributed by atoms with Gasteiger partial charge in [-0.15, -0.1) is 0 Å². The fourth-order valence-electron chi connectivity index (χ4n) is 3.30. The molecule has 4 heteroatoms. The van der Waals surface area contributed by atoms with Crippen molar-refractivity contribution in [2.45, 2.75) is 24.7 Å². The van der Waals surface area contributed by atoms with Crippen molar-refractivity contribution >= 4 is 21.8 Å². The summed E-state index contributed by atoms with van der Waals surface area (Å²) in [6.45, 7) is 2.84. The lowest BCUT2D eigenvalue weighted by molar-refractivity contribution is -0.133. The summed E-state index contributed by atoms with van der Waals surface area (Å²) in [6.07, 6.45) is 3.13. The molecule has 1 saturated carbocycles. The minimum absolute atomic E-state index is 0.213. The molecule has 1 N–H and O–H groups in total. The van der Waals surface area contributed by atoms with Gasteiger partial charge in [-0.3, -0.25) is 4.79 Å². The molecule has 0 radical (unpaired) electrons. The van der Waals surface area contributed by atoms with E-state index in [-0.39, 0.29) is 5.41 Å². The predicted octanol–water partition coefficient (Wildman–Crippen LogP) is 2.55. The van der Waals surface area contributed by atoms with Crippen LogP contribution in [0, 0.1) is 5.92 Å². The number of carbonyl (C=O) groups is 1. The molecule has 0 spiro atoms. The molecule has 1 aliphatic heterocycles. The van der Waals surface area contributed by atoms with Gasteiger partial charge in [0.25, 0.3) is 0 Å². The predicted molar refractivity (Wildman–Crippen MR) is 83.7 cm³/mol. The first-order valence-corrected chi connectivity index (χ1v) is 8.15.